The molecule has 0 unspecified atom stereocenters. The van der Waals surface area contributed by atoms with Gasteiger partial charge in [-0.3, -0.25) is 0 Å². The predicted molar refractivity (Wildman–Crippen MR) is 66.0 cm³/mol. The smallest absolute Gasteiger partial charge is 0.344 e. The first-order chi connectivity index (χ1) is 7.91. The van der Waals surface area contributed by atoms with Gasteiger partial charge in [0.05, 0.1) is 5.71 Å². The largest absolute Gasteiger partial charge is 0.479 e. The third-order valence-electron chi connectivity index (χ3n) is 2.10. The maximum Gasteiger partial charge on any atom is 0.344 e. The molecule has 4 nitrogen and oxygen atoms in total. The van der Waals surface area contributed by atoms with Crippen molar-refractivity contribution < 1.29 is 14.7 Å². The summed E-state index contributed by atoms with van der Waals surface area (Å²) in [5, 5.41) is 12.4. The Morgan fingerprint density at radius 3 is 2.35 bits per heavy atom. The van der Waals surface area contributed by atoms with Crippen LogP contribution in [0.4, 0.5) is 0 Å². The quantitative estimate of drug-likeness (QED) is 0.644. The van der Waals surface area contributed by atoms with Gasteiger partial charge in [0, 0.05) is 5.41 Å². The molecule has 1 aromatic rings. The molecule has 92 valence electrons. The minimum Gasteiger partial charge on any atom is -0.479 e. The molecule has 1 aromatic carbocycles. The van der Waals surface area contributed by atoms with Crippen LogP contribution in [-0.2, 0) is 9.63 Å². The number of nitrogens with zero attached hydrogens (tertiary/aromatic N) is 1. The third-order valence-corrected chi connectivity index (χ3v) is 2.10. The van der Waals surface area contributed by atoms with Gasteiger partial charge in [0.1, 0.15) is 0 Å². The number of hydrogen-bond acceptors (Lipinski definition) is 3. The monoisotopic (exact) mass is 235 g/mol. The first kappa shape index (κ1) is 13.2. The van der Waals surface area contributed by atoms with Crippen LogP contribution in [0.3, 0.4) is 0 Å². The molecule has 0 atom stereocenters. The Morgan fingerprint density at radius 1 is 1.29 bits per heavy atom. The molecule has 0 aliphatic rings. The molecule has 0 aliphatic heterocycles. The van der Waals surface area contributed by atoms with Gasteiger partial charge in [0.25, 0.3) is 0 Å². The number of hydrogen-bond donors (Lipinski definition) is 1. The second-order valence-electron chi connectivity index (χ2n) is 4.72. The van der Waals surface area contributed by atoms with E-state index in [2.05, 4.69) is 5.16 Å². The van der Waals surface area contributed by atoms with Gasteiger partial charge in [-0.2, -0.15) is 0 Å². The minimum absolute atomic E-state index is 0.208. The summed E-state index contributed by atoms with van der Waals surface area (Å²) in [6, 6.07) is 9.59. The van der Waals surface area contributed by atoms with Crippen molar-refractivity contribution in [3.05, 3.63) is 35.9 Å². The van der Waals surface area contributed by atoms with Gasteiger partial charge >= 0.3 is 5.97 Å². The number of carboxylic acid groups (broad SMARTS) is 1. The van der Waals surface area contributed by atoms with Crippen molar-refractivity contribution in [1.82, 2.24) is 0 Å². The van der Waals surface area contributed by atoms with Crippen molar-refractivity contribution in [2.45, 2.75) is 20.8 Å². The molecule has 0 aromatic heterocycles. The van der Waals surface area contributed by atoms with Crippen molar-refractivity contribution >= 4 is 11.7 Å². The normalized spacial score (nSPS) is 12.3. The van der Waals surface area contributed by atoms with E-state index in [0.717, 1.165) is 11.3 Å². The summed E-state index contributed by atoms with van der Waals surface area (Å²) in [7, 11) is 0. The van der Waals surface area contributed by atoms with Gasteiger partial charge in [0.2, 0.25) is 6.61 Å². The van der Waals surface area contributed by atoms with Crippen LogP contribution in [-0.4, -0.2) is 23.4 Å². The van der Waals surface area contributed by atoms with Gasteiger partial charge in [-0.15, -0.1) is 0 Å². The molecule has 17 heavy (non-hydrogen) atoms. The van der Waals surface area contributed by atoms with Crippen LogP contribution in [0, 0.1) is 5.41 Å². The molecular formula is C13H17NO3. The van der Waals surface area contributed by atoms with Crippen LogP contribution in [0.5, 0.6) is 0 Å². The Labute approximate surface area is 101 Å². The van der Waals surface area contributed by atoms with Gasteiger partial charge in [0.15, 0.2) is 0 Å². The highest BCUT2D eigenvalue weighted by Gasteiger charge is 2.21. The highest BCUT2D eigenvalue weighted by molar-refractivity contribution is 6.03. The maximum absolute atomic E-state index is 10.4. The molecule has 1 N–H and O–H groups in total. The lowest BCUT2D eigenvalue weighted by Crippen LogP contribution is -2.22. The van der Waals surface area contributed by atoms with Crippen molar-refractivity contribution in [2.75, 3.05) is 6.61 Å². The van der Waals surface area contributed by atoms with Crippen LogP contribution in [0.25, 0.3) is 0 Å². The van der Waals surface area contributed by atoms with Crippen molar-refractivity contribution in [3.63, 3.8) is 0 Å². The van der Waals surface area contributed by atoms with Crippen LogP contribution < -0.4 is 0 Å². The SMILES string of the molecule is CC(C)(C)C(=NOCC(=O)O)c1ccccc1. The zero-order valence-electron chi connectivity index (χ0n) is 10.3. The Morgan fingerprint density at radius 2 is 1.88 bits per heavy atom. The number of oxime groups is 1. The number of rotatable bonds is 4. The summed E-state index contributed by atoms with van der Waals surface area (Å²) in [4.78, 5) is 15.2. The molecule has 0 amide bonds. The first-order valence-electron chi connectivity index (χ1n) is 5.39. The molecule has 0 aliphatic carbocycles. The van der Waals surface area contributed by atoms with E-state index in [4.69, 9.17) is 9.94 Å². The number of benzene rings is 1. The molecule has 1 rings (SSSR count). The number of carbonyl (C=O) groups is 1. The van der Waals surface area contributed by atoms with E-state index in [9.17, 15) is 4.79 Å². The summed E-state index contributed by atoms with van der Waals surface area (Å²) in [5.74, 6) is -1.03. The molecule has 0 bridgehead atoms. The molecule has 0 saturated heterocycles. The second-order valence-corrected chi connectivity index (χ2v) is 4.72. The van der Waals surface area contributed by atoms with Crippen LogP contribution in [0.15, 0.2) is 35.5 Å². The summed E-state index contributed by atoms with van der Waals surface area (Å²) in [6.07, 6.45) is 0. The van der Waals surface area contributed by atoms with Gasteiger partial charge in [-0.05, 0) is 5.56 Å². The van der Waals surface area contributed by atoms with Crippen molar-refractivity contribution in [3.8, 4) is 0 Å². The average molecular weight is 235 g/mol. The zero-order valence-corrected chi connectivity index (χ0v) is 10.3. The molecule has 0 heterocycles. The van der Waals surface area contributed by atoms with E-state index in [1.54, 1.807) is 0 Å². The summed E-state index contributed by atoms with van der Waals surface area (Å²) < 4.78 is 0. The standard InChI is InChI=1S/C13H17NO3/c1-13(2,3)12(14-17-9-11(15)16)10-7-5-4-6-8-10/h4-8H,9H2,1-3H3,(H,15,16). The average Bonchev–Trinajstić information content (AvgIpc) is 2.23. The zero-order chi connectivity index (χ0) is 12.9. The van der Waals surface area contributed by atoms with E-state index in [0.29, 0.717) is 0 Å². The fraction of sp³-hybridized carbons (Fsp3) is 0.385. The van der Waals surface area contributed by atoms with E-state index in [-0.39, 0.29) is 5.41 Å². The molecular weight excluding hydrogens is 218 g/mol. The van der Waals surface area contributed by atoms with E-state index >= 15 is 0 Å². The van der Waals surface area contributed by atoms with Crippen LogP contribution in [0.2, 0.25) is 0 Å². The molecule has 0 fully saturated rings. The predicted octanol–water partition coefficient (Wildman–Crippen LogP) is 2.54. The van der Waals surface area contributed by atoms with Crippen molar-refractivity contribution in [1.29, 1.82) is 0 Å². The number of carboxylic acids is 1. The molecule has 0 spiro atoms. The van der Waals surface area contributed by atoms with E-state index < -0.39 is 12.6 Å². The summed E-state index contributed by atoms with van der Waals surface area (Å²) in [5.41, 5.74) is 1.46. The lowest BCUT2D eigenvalue weighted by molar-refractivity contribution is -0.142. The third kappa shape index (κ3) is 4.26. The molecule has 0 radical (unpaired) electrons. The van der Waals surface area contributed by atoms with Gasteiger partial charge in [-0.25, -0.2) is 4.79 Å². The molecule has 0 saturated carbocycles. The van der Waals surface area contributed by atoms with E-state index in [1.807, 2.05) is 51.1 Å². The summed E-state index contributed by atoms with van der Waals surface area (Å²) in [6.45, 7) is 5.58. The van der Waals surface area contributed by atoms with Gasteiger partial charge in [-0.1, -0.05) is 56.3 Å². The first-order valence-corrected chi connectivity index (χ1v) is 5.39. The van der Waals surface area contributed by atoms with Gasteiger partial charge < -0.3 is 9.94 Å². The van der Waals surface area contributed by atoms with Crippen LogP contribution in [0.1, 0.15) is 26.3 Å². The highest BCUT2D eigenvalue weighted by Crippen LogP contribution is 2.22. The Kier molecular flexibility index (Phi) is 4.26. The topological polar surface area (TPSA) is 58.9 Å². The highest BCUT2D eigenvalue weighted by atomic mass is 16.6. The fourth-order valence-electron chi connectivity index (χ4n) is 1.37. The molecule has 4 heteroatoms. The second kappa shape index (κ2) is 5.48. The fourth-order valence-corrected chi connectivity index (χ4v) is 1.37. The Balaban J connectivity index is 2.93. The van der Waals surface area contributed by atoms with Crippen molar-refractivity contribution in [2.24, 2.45) is 10.6 Å². The Hall–Kier alpha value is -1.84. The maximum atomic E-state index is 10.4. The number of aliphatic carboxylic acids is 1. The van der Waals surface area contributed by atoms with E-state index in [1.165, 1.54) is 0 Å². The lowest BCUT2D eigenvalue weighted by Gasteiger charge is -2.20. The minimum atomic E-state index is -1.03. The summed E-state index contributed by atoms with van der Waals surface area (Å²) >= 11 is 0. The van der Waals surface area contributed by atoms with Crippen LogP contribution >= 0.6 is 0 Å². The Bertz CT molecular complexity index is 404. The lowest BCUT2D eigenvalue weighted by atomic mass is 9.86.